The normalized spacial score (nSPS) is 16.9. The first-order valence-corrected chi connectivity index (χ1v) is 9.96. The van der Waals surface area contributed by atoms with E-state index in [4.69, 9.17) is 0 Å². The Morgan fingerprint density at radius 3 is 2.44 bits per heavy atom. The van der Waals surface area contributed by atoms with Crippen LogP contribution in [0, 0.1) is 19.7 Å². The molecule has 1 heterocycles. The molecule has 2 aromatic carbocycles. The largest absolute Gasteiger partial charge is 0.329 e. The Bertz CT molecular complexity index is 859. The van der Waals surface area contributed by atoms with Crippen LogP contribution in [0.3, 0.4) is 0 Å². The van der Waals surface area contributed by atoms with E-state index in [2.05, 4.69) is 0 Å². The SMILES string of the molecule is Cc1ccc(C)c(S(=O)(=O)N2CC[NH+](Cc3ccccc3F)CC2)c1. The van der Waals surface area contributed by atoms with Crippen LogP contribution in [-0.2, 0) is 16.6 Å². The molecular formula is C19H24FN2O2S+. The summed E-state index contributed by atoms with van der Waals surface area (Å²) in [6, 6.07) is 12.3. The zero-order valence-electron chi connectivity index (χ0n) is 14.6. The van der Waals surface area contributed by atoms with Gasteiger partial charge >= 0.3 is 0 Å². The topological polar surface area (TPSA) is 41.8 Å². The minimum Gasteiger partial charge on any atom is -0.329 e. The number of quaternary nitrogens is 1. The molecule has 3 rings (SSSR count). The highest BCUT2D eigenvalue weighted by molar-refractivity contribution is 7.89. The molecule has 0 aliphatic carbocycles. The fraction of sp³-hybridized carbons (Fsp3) is 0.368. The summed E-state index contributed by atoms with van der Waals surface area (Å²) < 4.78 is 41.2. The summed E-state index contributed by atoms with van der Waals surface area (Å²) in [7, 11) is -3.47. The average Bonchev–Trinajstić information content (AvgIpc) is 2.59. The first-order valence-electron chi connectivity index (χ1n) is 8.52. The van der Waals surface area contributed by atoms with E-state index in [0.29, 0.717) is 43.2 Å². The van der Waals surface area contributed by atoms with Gasteiger partial charge in [0.25, 0.3) is 0 Å². The maximum Gasteiger partial charge on any atom is 0.243 e. The minimum atomic E-state index is -3.47. The monoisotopic (exact) mass is 363 g/mol. The second kappa shape index (κ2) is 7.23. The van der Waals surface area contributed by atoms with Crippen LogP contribution in [0.1, 0.15) is 16.7 Å². The van der Waals surface area contributed by atoms with Gasteiger partial charge in [-0.3, -0.25) is 0 Å². The van der Waals surface area contributed by atoms with Crippen LogP contribution < -0.4 is 4.90 Å². The molecule has 4 nitrogen and oxygen atoms in total. The molecule has 0 radical (unpaired) electrons. The lowest BCUT2D eigenvalue weighted by atomic mass is 10.2. The second-order valence-corrected chi connectivity index (χ2v) is 8.60. The highest BCUT2D eigenvalue weighted by Gasteiger charge is 2.31. The summed E-state index contributed by atoms with van der Waals surface area (Å²) in [5.41, 5.74) is 2.39. The van der Waals surface area contributed by atoms with Gasteiger partial charge in [-0.2, -0.15) is 4.31 Å². The van der Waals surface area contributed by atoms with Crippen molar-refractivity contribution in [2.75, 3.05) is 26.2 Å². The summed E-state index contributed by atoms with van der Waals surface area (Å²) in [5, 5.41) is 0. The third-order valence-electron chi connectivity index (χ3n) is 4.79. The lowest BCUT2D eigenvalue weighted by Gasteiger charge is -2.32. The molecule has 1 saturated heterocycles. The molecule has 6 heteroatoms. The van der Waals surface area contributed by atoms with Crippen molar-refractivity contribution in [2.45, 2.75) is 25.3 Å². The van der Waals surface area contributed by atoms with Crippen molar-refractivity contribution >= 4 is 10.0 Å². The molecule has 1 N–H and O–H groups in total. The summed E-state index contributed by atoms with van der Waals surface area (Å²) in [6.45, 7) is 6.58. The van der Waals surface area contributed by atoms with Gasteiger partial charge in [0.2, 0.25) is 10.0 Å². The van der Waals surface area contributed by atoms with E-state index in [1.165, 1.54) is 11.0 Å². The predicted molar refractivity (Wildman–Crippen MR) is 95.5 cm³/mol. The van der Waals surface area contributed by atoms with E-state index in [0.717, 1.165) is 11.1 Å². The number of hydrogen-bond donors (Lipinski definition) is 1. The van der Waals surface area contributed by atoms with Crippen LogP contribution in [0.2, 0.25) is 0 Å². The van der Waals surface area contributed by atoms with E-state index in [-0.39, 0.29) is 5.82 Å². The van der Waals surface area contributed by atoms with Crippen LogP contribution in [-0.4, -0.2) is 38.9 Å². The molecule has 1 aliphatic heterocycles. The van der Waals surface area contributed by atoms with Crippen LogP contribution in [0.15, 0.2) is 47.4 Å². The van der Waals surface area contributed by atoms with Gasteiger partial charge in [0.05, 0.1) is 31.1 Å². The minimum absolute atomic E-state index is 0.194. The first-order chi connectivity index (χ1) is 11.9. The van der Waals surface area contributed by atoms with E-state index in [1.807, 2.05) is 32.0 Å². The van der Waals surface area contributed by atoms with Crippen molar-refractivity contribution in [3.05, 3.63) is 65.0 Å². The second-order valence-electron chi connectivity index (χ2n) is 6.69. The molecule has 134 valence electrons. The molecule has 0 saturated carbocycles. The third kappa shape index (κ3) is 3.92. The number of sulfonamides is 1. The van der Waals surface area contributed by atoms with Gasteiger partial charge in [0.1, 0.15) is 12.4 Å². The number of nitrogens with zero attached hydrogens (tertiary/aromatic N) is 1. The van der Waals surface area contributed by atoms with Crippen molar-refractivity contribution in [3.63, 3.8) is 0 Å². The molecule has 1 fully saturated rings. The first kappa shape index (κ1) is 18.0. The van der Waals surface area contributed by atoms with Crippen LogP contribution >= 0.6 is 0 Å². The van der Waals surface area contributed by atoms with E-state index >= 15 is 0 Å². The van der Waals surface area contributed by atoms with Crippen molar-refractivity contribution in [1.82, 2.24) is 4.31 Å². The molecular weight excluding hydrogens is 339 g/mol. The number of nitrogens with one attached hydrogen (secondary N) is 1. The Labute approximate surface area is 148 Å². The van der Waals surface area contributed by atoms with Gasteiger partial charge in [0.15, 0.2) is 0 Å². The van der Waals surface area contributed by atoms with Crippen molar-refractivity contribution in [2.24, 2.45) is 0 Å². The number of halogens is 1. The molecule has 0 unspecified atom stereocenters. The molecule has 2 aromatic rings. The lowest BCUT2D eigenvalue weighted by Crippen LogP contribution is -3.13. The number of hydrogen-bond acceptors (Lipinski definition) is 2. The highest BCUT2D eigenvalue weighted by atomic mass is 32.2. The van der Waals surface area contributed by atoms with Gasteiger partial charge < -0.3 is 4.90 Å². The van der Waals surface area contributed by atoms with Crippen molar-refractivity contribution in [1.29, 1.82) is 0 Å². The Morgan fingerprint density at radius 2 is 1.76 bits per heavy atom. The van der Waals surface area contributed by atoms with Crippen LogP contribution in [0.25, 0.3) is 0 Å². The van der Waals surface area contributed by atoms with Gasteiger partial charge in [-0.1, -0.05) is 30.3 Å². The van der Waals surface area contributed by atoms with Crippen LogP contribution in [0.5, 0.6) is 0 Å². The Balaban J connectivity index is 1.69. The smallest absolute Gasteiger partial charge is 0.243 e. The quantitative estimate of drug-likeness (QED) is 0.895. The molecule has 0 spiro atoms. The van der Waals surface area contributed by atoms with E-state index in [1.54, 1.807) is 22.5 Å². The molecule has 25 heavy (non-hydrogen) atoms. The van der Waals surface area contributed by atoms with Gasteiger partial charge in [-0.05, 0) is 37.1 Å². The Kier molecular flexibility index (Phi) is 5.22. The van der Waals surface area contributed by atoms with E-state index in [9.17, 15) is 12.8 Å². The standard InChI is InChI=1S/C19H23FN2O2S/c1-15-7-8-16(2)19(13-15)25(23,24)22-11-9-21(10-12-22)14-17-5-3-4-6-18(17)20/h3-8,13H,9-12,14H2,1-2H3/p+1. The summed E-state index contributed by atoms with van der Waals surface area (Å²) in [6.07, 6.45) is 0. The summed E-state index contributed by atoms with van der Waals surface area (Å²) in [5.74, 6) is -0.194. The lowest BCUT2D eigenvalue weighted by molar-refractivity contribution is -0.917. The maximum absolute atomic E-state index is 13.8. The highest BCUT2D eigenvalue weighted by Crippen LogP contribution is 2.21. The Hall–Kier alpha value is -1.76. The summed E-state index contributed by atoms with van der Waals surface area (Å²) >= 11 is 0. The van der Waals surface area contributed by atoms with Crippen molar-refractivity contribution in [3.8, 4) is 0 Å². The van der Waals surface area contributed by atoms with Gasteiger partial charge in [-0.15, -0.1) is 0 Å². The van der Waals surface area contributed by atoms with Gasteiger partial charge in [0, 0.05) is 5.56 Å². The molecule has 1 aliphatic rings. The molecule has 0 bridgehead atoms. The average molecular weight is 363 g/mol. The molecule has 0 atom stereocenters. The summed E-state index contributed by atoms with van der Waals surface area (Å²) in [4.78, 5) is 1.60. The zero-order chi connectivity index (χ0) is 18.0. The number of aryl methyl sites for hydroxylation is 2. The zero-order valence-corrected chi connectivity index (χ0v) is 15.4. The Morgan fingerprint density at radius 1 is 1.08 bits per heavy atom. The number of rotatable bonds is 4. The number of benzene rings is 2. The van der Waals surface area contributed by atoms with Gasteiger partial charge in [-0.25, -0.2) is 12.8 Å². The fourth-order valence-corrected chi connectivity index (χ4v) is 5.01. The molecule has 0 aromatic heterocycles. The van der Waals surface area contributed by atoms with E-state index < -0.39 is 10.0 Å². The third-order valence-corrected chi connectivity index (χ3v) is 6.83. The van der Waals surface area contributed by atoms with Crippen molar-refractivity contribution < 1.29 is 17.7 Å². The number of piperazine rings is 1. The molecule has 0 amide bonds. The predicted octanol–water partition coefficient (Wildman–Crippen LogP) is 1.53. The fourth-order valence-electron chi connectivity index (χ4n) is 3.25. The maximum atomic E-state index is 13.8. The van der Waals surface area contributed by atoms with Crippen LogP contribution in [0.4, 0.5) is 4.39 Å².